The van der Waals surface area contributed by atoms with Crippen LogP contribution >= 0.6 is 11.3 Å². The molecule has 2 aromatic carbocycles. The summed E-state index contributed by atoms with van der Waals surface area (Å²) >= 11 is 1.52. The Labute approximate surface area is 145 Å². The molecule has 0 radical (unpaired) electrons. The van der Waals surface area contributed by atoms with E-state index in [1.807, 2.05) is 41.8 Å². The summed E-state index contributed by atoms with van der Waals surface area (Å²) in [5, 5.41) is 19.9. The number of nitrogens with one attached hydrogen (secondary N) is 2. The molecule has 124 valence electrons. The number of aliphatic hydroxyl groups excluding tert-OH is 1. The van der Waals surface area contributed by atoms with E-state index in [1.54, 1.807) is 0 Å². The average Bonchev–Trinajstić information content (AvgIpc) is 3.14. The summed E-state index contributed by atoms with van der Waals surface area (Å²) in [7, 11) is 0. The number of carbonyl (C=O) groups is 1. The van der Waals surface area contributed by atoms with Gasteiger partial charge in [0.15, 0.2) is 0 Å². The van der Waals surface area contributed by atoms with Gasteiger partial charge in [0.2, 0.25) is 0 Å². The van der Waals surface area contributed by atoms with E-state index >= 15 is 0 Å². The van der Waals surface area contributed by atoms with Crippen LogP contribution in [0.3, 0.4) is 0 Å². The largest absolute Gasteiger partial charge is 0.388 e. The van der Waals surface area contributed by atoms with Crippen LogP contribution in [-0.4, -0.2) is 17.7 Å². The maximum Gasteiger partial charge on any atom is 0.315 e. The van der Waals surface area contributed by atoms with Crippen molar-refractivity contribution in [2.45, 2.75) is 19.1 Å². The molecular formula is C19H20N2O2S. The van der Waals surface area contributed by atoms with Crippen molar-refractivity contribution in [2.24, 2.45) is 0 Å². The monoisotopic (exact) mass is 340 g/mol. The number of rotatable bonds is 6. The Balaban J connectivity index is 1.47. The van der Waals surface area contributed by atoms with Gasteiger partial charge in [0.1, 0.15) is 0 Å². The molecule has 5 heteroatoms. The van der Waals surface area contributed by atoms with E-state index in [9.17, 15) is 9.90 Å². The number of thiophene rings is 1. The van der Waals surface area contributed by atoms with Gasteiger partial charge in [0.05, 0.1) is 6.10 Å². The predicted octanol–water partition coefficient (Wildman–Crippen LogP) is 3.82. The lowest BCUT2D eigenvalue weighted by atomic mass is 10.0. The SMILES string of the molecule is O=C(NCCC(O)c1cccs1)NCc1cccc2ccccc12. The maximum absolute atomic E-state index is 11.9. The lowest BCUT2D eigenvalue weighted by molar-refractivity contribution is 0.170. The zero-order chi connectivity index (χ0) is 16.8. The summed E-state index contributed by atoms with van der Waals surface area (Å²) in [6.45, 7) is 0.904. The van der Waals surface area contributed by atoms with Gasteiger partial charge in [-0.25, -0.2) is 4.79 Å². The summed E-state index contributed by atoms with van der Waals surface area (Å²) in [6.07, 6.45) is -0.0225. The highest BCUT2D eigenvalue weighted by Gasteiger charge is 2.09. The van der Waals surface area contributed by atoms with E-state index in [4.69, 9.17) is 0 Å². The molecule has 0 aliphatic carbocycles. The Morgan fingerprint density at radius 1 is 1.04 bits per heavy atom. The standard InChI is InChI=1S/C19H20N2O2S/c22-17(18-9-4-12-24-18)10-11-20-19(23)21-13-15-7-3-6-14-5-1-2-8-16(14)15/h1-9,12,17,22H,10-11,13H2,(H2,20,21,23). The Morgan fingerprint density at radius 3 is 2.71 bits per heavy atom. The fraction of sp³-hybridized carbons (Fsp3) is 0.211. The second-order valence-electron chi connectivity index (χ2n) is 5.57. The lowest BCUT2D eigenvalue weighted by Crippen LogP contribution is -2.36. The summed E-state index contributed by atoms with van der Waals surface area (Å²) < 4.78 is 0. The Hall–Kier alpha value is -2.37. The summed E-state index contributed by atoms with van der Waals surface area (Å²) in [6, 6.07) is 17.8. The first-order valence-electron chi connectivity index (χ1n) is 7.94. The number of fused-ring (bicyclic) bond motifs is 1. The van der Waals surface area contributed by atoms with Gasteiger partial charge >= 0.3 is 6.03 Å². The average molecular weight is 340 g/mol. The molecule has 0 aliphatic rings. The molecule has 0 aliphatic heterocycles. The molecule has 1 aromatic heterocycles. The normalized spacial score (nSPS) is 12.0. The minimum atomic E-state index is -0.525. The van der Waals surface area contributed by atoms with Crippen LogP contribution in [0.25, 0.3) is 10.8 Å². The first kappa shape index (κ1) is 16.5. The Kier molecular flexibility index (Phi) is 5.46. The Morgan fingerprint density at radius 2 is 1.88 bits per heavy atom. The van der Waals surface area contributed by atoms with Gasteiger partial charge < -0.3 is 15.7 Å². The molecule has 3 aromatic rings. The molecule has 1 heterocycles. The molecule has 2 amide bonds. The third-order valence-corrected chi connectivity index (χ3v) is 4.87. The molecule has 0 spiro atoms. The number of aliphatic hydroxyl groups is 1. The fourth-order valence-corrected chi connectivity index (χ4v) is 3.38. The van der Waals surface area contributed by atoms with E-state index in [0.29, 0.717) is 19.5 Å². The van der Waals surface area contributed by atoms with Crippen molar-refractivity contribution in [3.05, 3.63) is 70.4 Å². The number of hydrogen-bond acceptors (Lipinski definition) is 3. The zero-order valence-electron chi connectivity index (χ0n) is 13.2. The third kappa shape index (κ3) is 4.13. The van der Waals surface area contributed by atoms with Crippen molar-refractivity contribution in [3.8, 4) is 0 Å². The van der Waals surface area contributed by atoms with Crippen LogP contribution in [0.15, 0.2) is 60.0 Å². The highest BCUT2D eigenvalue weighted by atomic mass is 32.1. The minimum absolute atomic E-state index is 0.221. The van der Waals surface area contributed by atoms with Gasteiger partial charge in [-0.15, -0.1) is 11.3 Å². The third-order valence-electron chi connectivity index (χ3n) is 3.89. The first-order valence-corrected chi connectivity index (χ1v) is 8.82. The van der Waals surface area contributed by atoms with Crippen LogP contribution in [0, 0.1) is 0 Å². The van der Waals surface area contributed by atoms with E-state index < -0.39 is 6.10 Å². The van der Waals surface area contributed by atoms with Gasteiger partial charge in [-0.05, 0) is 34.2 Å². The van der Waals surface area contributed by atoms with Crippen molar-refractivity contribution in [1.29, 1.82) is 0 Å². The van der Waals surface area contributed by atoms with Crippen LogP contribution in [0.4, 0.5) is 4.79 Å². The van der Waals surface area contributed by atoms with E-state index in [2.05, 4.69) is 28.8 Å². The van der Waals surface area contributed by atoms with Gasteiger partial charge in [-0.2, -0.15) is 0 Å². The van der Waals surface area contributed by atoms with Gasteiger partial charge in [-0.1, -0.05) is 48.5 Å². The lowest BCUT2D eigenvalue weighted by Gasteiger charge is -2.11. The second-order valence-corrected chi connectivity index (χ2v) is 6.55. The van der Waals surface area contributed by atoms with Crippen molar-refractivity contribution in [1.82, 2.24) is 10.6 Å². The molecule has 3 rings (SSSR count). The van der Waals surface area contributed by atoms with Gasteiger partial charge in [0.25, 0.3) is 0 Å². The van der Waals surface area contributed by atoms with E-state index in [-0.39, 0.29) is 6.03 Å². The first-order chi connectivity index (χ1) is 11.7. The Bertz CT molecular complexity index is 797. The molecular weight excluding hydrogens is 320 g/mol. The van der Waals surface area contributed by atoms with Crippen LogP contribution < -0.4 is 10.6 Å². The fourth-order valence-electron chi connectivity index (χ4n) is 2.63. The minimum Gasteiger partial charge on any atom is -0.388 e. The molecule has 1 unspecified atom stereocenters. The molecule has 0 fully saturated rings. The highest BCUT2D eigenvalue weighted by Crippen LogP contribution is 2.21. The van der Waals surface area contributed by atoms with Crippen LogP contribution in [0.5, 0.6) is 0 Å². The number of benzene rings is 2. The van der Waals surface area contributed by atoms with Gasteiger partial charge in [0, 0.05) is 18.0 Å². The molecule has 24 heavy (non-hydrogen) atoms. The molecule has 3 N–H and O–H groups in total. The molecule has 0 saturated heterocycles. The predicted molar refractivity (Wildman–Crippen MR) is 98.1 cm³/mol. The highest BCUT2D eigenvalue weighted by molar-refractivity contribution is 7.10. The van der Waals surface area contributed by atoms with Gasteiger partial charge in [-0.3, -0.25) is 0 Å². The number of amides is 2. The van der Waals surface area contributed by atoms with Crippen molar-refractivity contribution >= 4 is 28.1 Å². The van der Waals surface area contributed by atoms with Crippen LogP contribution in [0.2, 0.25) is 0 Å². The van der Waals surface area contributed by atoms with Crippen LogP contribution in [0.1, 0.15) is 23.0 Å². The van der Waals surface area contributed by atoms with Crippen molar-refractivity contribution in [2.75, 3.05) is 6.54 Å². The maximum atomic E-state index is 11.9. The van der Waals surface area contributed by atoms with E-state index in [0.717, 1.165) is 21.2 Å². The number of hydrogen-bond donors (Lipinski definition) is 3. The zero-order valence-corrected chi connectivity index (χ0v) is 14.1. The van der Waals surface area contributed by atoms with Crippen LogP contribution in [-0.2, 0) is 6.54 Å². The molecule has 4 nitrogen and oxygen atoms in total. The summed E-state index contributed by atoms with van der Waals surface area (Å²) in [5.74, 6) is 0. The number of carbonyl (C=O) groups excluding carboxylic acids is 1. The summed E-state index contributed by atoms with van der Waals surface area (Å²) in [4.78, 5) is 12.8. The molecule has 0 saturated carbocycles. The molecule has 1 atom stereocenters. The molecule has 0 bridgehead atoms. The smallest absolute Gasteiger partial charge is 0.315 e. The second kappa shape index (κ2) is 7.95. The van der Waals surface area contributed by atoms with E-state index in [1.165, 1.54) is 11.3 Å². The number of urea groups is 1. The quantitative estimate of drug-likeness (QED) is 0.639. The van der Waals surface area contributed by atoms with Crippen molar-refractivity contribution < 1.29 is 9.90 Å². The summed E-state index contributed by atoms with van der Waals surface area (Å²) in [5.41, 5.74) is 1.09. The van der Waals surface area contributed by atoms with Crippen molar-refractivity contribution in [3.63, 3.8) is 0 Å². The topological polar surface area (TPSA) is 61.4 Å².